The fraction of sp³-hybridized carbons (Fsp3) is 0.560. The SMILES string of the molecule is CC(C)CC(NC(=O)c1ccc(Br)cc1)C(=O)N1CCC[C@H]1C(=O)NC(CCCNC(=N)N)C(=O)CF. The molecule has 0 aliphatic carbocycles. The number of nitrogens with one attached hydrogen (secondary N) is 4. The molecule has 10 nitrogen and oxygen atoms in total. The second-order valence-corrected chi connectivity index (χ2v) is 10.4. The normalized spacial score (nSPS) is 16.7. The summed E-state index contributed by atoms with van der Waals surface area (Å²) in [7, 11) is 0. The molecule has 3 atom stereocenters. The van der Waals surface area contributed by atoms with Crippen LogP contribution in [0.5, 0.6) is 0 Å². The van der Waals surface area contributed by atoms with Crippen molar-refractivity contribution in [2.24, 2.45) is 11.7 Å². The van der Waals surface area contributed by atoms with Crippen LogP contribution in [0.3, 0.4) is 0 Å². The highest BCUT2D eigenvalue weighted by atomic mass is 79.9. The summed E-state index contributed by atoms with van der Waals surface area (Å²) in [5.74, 6) is -2.16. The number of hydrogen-bond acceptors (Lipinski definition) is 5. The fourth-order valence-corrected chi connectivity index (χ4v) is 4.51. The van der Waals surface area contributed by atoms with E-state index in [0.29, 0.717) is 44.3 Å². The number of guanidine groups is 1. The van der Waals surface area contributed by atoms with Gasteiger partial charge in [0, 0.05) is 23.1 Å². The topological polar surface area (TPSA) is 157 Å². The lowest BCUT2D eigenvalue weighted by molar-refractivity contribution is -0.141. The van der Waals surface area contributed by atoms with Crippen molar-refractivity contribution in [3.05, 3.63) is 34.3 Å². The number of rotatable bonds is 13. The maximum absolute atomic E-state index is 13.5. The first-order valence-corrected chi connectivity index (χ1v) is 13.2. The van der Waals surface area contributed by atoms with Gasteiger partial charge in [-0.05, 0) is 62.3 Å². The number of alkyl halides is 1. The fourth-order valence-electron chi connectivity index (χ4n) is 4.24. The molecule has 0 saturated carbocycles. The van der Waals surface area contributed by atoms with Gasteiger partial charge in [0.1, 0.15) is 18.8 Å². The van der Waals surface area contributed by atoms with Crippen LogP contribution in [0.15, 0.2) is 28.7 Å². The number of carbonyl (C=O) groups is 4. The Morgan fingerprint density at radius 1 is 1.16 bits per heavy atom. The Balaban J connectivity index is 2.10. The van der Waals surface area contributed by atoms with Gasteiger partial charge in [0.2, 0.25) is 11.8 Å². The average Bonchev–Trinajstić information content (AvgIpc) is 3.34. The number of carbonyl (C=O) groups excluding carboxylic acids is 4. The number of halogens is 2. The van der Waals surface area contributed by atoms with Gasteiger partial charge in [0.05, 0.1) is 6.04 Å². The van der Waals surface area contributed by atoms with Crippen molar-refractivity contribution in [3.63, 3.8) is 0 Å². The maximum atomic E-state index is 13.5. The molecule has 1 saturated heterocycles. The number of likely N-dealkylation sites (tertiary alicyclic amines) is 1. The highest BCUT2D eigenvalue weighted by Gasteiger charge is 2.39. The largest absolute Gasteiger partial charge is 0.370 e. The summed E-state index contributed by atoms with van der Waals surface area (Å²) < 4.78 is 14.0. The molecule has 204 valence electrons. The van der Waals surface area contributed by atoms with E-state index in [1.165, 1.54) is 4.90 Å². The van der Waals surface area contributed by atoms with Crippen molar-refractivity contribution in [1.82, 2.24) is 20.9 Å². The molecule has 0 bridgehead atoms. The lowest BCUT2D eigenvalue weighted by atomic mass is 10.0. The number of nitrogens with zero attached hydrogens (tertiary/aromatic N) is 1. The molecule has 0 aromatic heterocycles. The Morgan fingerprint density at radius 3 is 2.43 bits per heavy atom. The van der Waals surface area contributed by atoms with Crippen LogP contribution in [0.4, 0.5) is 4.39 Å². The highest BCUT2D eigenvalue weighted by Crippen LogP contribution is 2.21. The number of benzene rings is 1. The molecule has 1 aliphatic rings. The first-order chi connectivity index (χ1) is 17.5. The van der Waals surface area contributed by atoms with Crippen molar-refractivity contribution in [2.45, 2.75) is 64.1 Å². The van der Waals surface area contributed by atoms with E-state index >= 15 is 0 Å². The van der Waals surface area contributed by atoms with Crippen LogP contribution in [0, 0.1) is 11.3 Å². The molecule has 0 radical (unpaired) electrons. The predicted molar refractivity (Wildman–Crippen MR) is 142 cm³/mol. The van der Waals surface area contributed by atoms with Crippen molar-refractivity contribution in [1.29, 1.82) is 5.41 Å². The minimum Gasteiger partial charge on any atom is -0.370 e. The third-order valence-corrected chi connectivity index (χ3v) is 6.61. The lowest BCUT2D eigenvalue weighted by Crippen LogP contribution is -2.55. The number of ketones is 1. The molecule has 1 fully saturated rings. The predicted octanol–water partition coefficient (Wildman–Crippen LogP) is 1.87. The van der Waals surface area contributed by atoms with Crippen LogP contribution in [-0.4, -0.2) is 72.3 Å². The van der Waals surface area contributed by atoms with Gasteiger partial charge in [0.25, 0.3) is 5.91 Å². The molecular weight excluding hydrogens is 547 g/mol. The van der Waals surface area contributed by atoms with Crippen molar-refractivity contribution < 1.29 is 23.6 Å². The van der Waals surface area contributed by atoms with E-state index in [1.54, 1.807) is 24.3 Å². The van der Waals surface area contributed by atoms with E-state index in [-0.39, 0.29) is 30.1 Å². The van der Waals surface area contributed by atoms with Gasteiger partial charge < -0.3 is 26.6 Å². The second kappa shape index (κ2) is 14.7. The van der Waals surface area contributed by atoms with E-state index in [1.807, 2.05) is 13.8 Å². The molecule has 6 N–H and O–H groups in total. The average molecular weight is 584 g/mol. The summed E-state index contributed by atoms with van der Waals surface area (Å²) in [5, 5.41) is 15.2. The van der Waals surface area contributed by atoms with Gasteiger partial charge in [-0.2, -0.15) is 0 Å². The van der Waals surface area contributed by atoms with Gasteiger partial charge in [-0.1, -0.05) is 29.8 Å². The molecule has 1 aromatic rings. The van der Waals surface area contributed by atoms with E-state index in [4.69, 9.17) is 11.1 Å². The summed E-state index contributed by atoms with van der Waals surface area (Å²) in [4.78, 5) is 53.0. The quantitative estimate of drug-likeness (QED) is 0.136. The minimum absolute atomic E-state index is 0.101. The zero-order valence-corrected chi connectivity index (χ0v) is 22.8. The third-order valence-electron chi connectivity index (χ3n) is 6.08. The van der Waals surface area contributed by atoms with E-state index in [0.717, 1.165) is 4.47 Å². The van der Waals surface area contributed by atoms with Crippen molar-refractivity contribution in [3.8, 4) is 0 Å². The van der Waals surface area contributed by atoms with Gasteiger partial charge in [-0.25, -0.2) is 4.39 Å². The molecule has 1 aromatic carbocycles. The Morgan fingerprint density at radius 2 is 1.84 bits per heavy atom. The standard InChI is InChI=1S/C25H36BrFN6O4/c1-15(2)13-19(32-22(35)16-7-9-17(26)10-8-16)24(37)33-12-4-6-20(33)23(36)31-18(21(34)14-27)5-3-11-30-25(28)29/h7-10,15,18-20H,3-6,11-14H2,1-2H3,(H,31,36)(H,32,35)(H4,28,29,30)/t18?,19?,20-/m0/s1. The number of hydrogen-bond donors (Lipinski definition) is 5. The van der Waals surface area contributed by atoms with Crippen molar-refractivity contribution >= 4 is 45.4 Å². The first kappa shape index (κ1) is 30.2. The Hall–Kier alpha value is -3.02. The zero-order valence-electron chi connectivity index (χ0n) is 21.2. The van der Waals surface area contributed by atoms with Crippen LogP contribution < -0.4 is 21.7 Å². The highest BCUT2D eigenvalue weighted by molar-refractivity contribution is 9.10. The van der Waals surface area contributed by atoms with Gasteiger partial charge >= 0.3 is 0 Å². The van der Waals surface area contributed by atoms with Crippen LogP contribution in [0.2, 0.25) is 0 Å². The Kier molecular flexibility index (Phi) is 12.0. The molecule has 1 heterocycles. The summed E-state index contributed by atoms with van der Waals surface area (Å²) >= 11 is 3.33. The third kappa shape index (κ3) is 9.42. The lowest BCUT2D eigenvalue weighted by Gasteiger charge is -2.30. The van der Waals surface area contributed by atoms with E-state index < -0.39 is 36.5 Å². The van der Waals surface area contributed by atoms with Crippen LogP contribution in [0.25, 0.3) is 0 Å². The monoisotopic (exact) mass is 582 g/mol. The molecule has 2 unspecified atom stereocenters. The minimum atomic E-state index is -1.23. The molecule has 1 aliphatic heterocycles. The Bertz CT molecular complexity index is 974. The number of Topliss-reactive ketones (excluding diaryl/α,β-unsaturated/α-hetero) is 1. The maximum Gasteiger partial charge on any atom is 0.251 e. The van der Waals surface area contributed by atoms with Gasteiger partial charge in [-0.15, -0.1) is 0 Å². The second-order valence-electron chi connectivity index (χ2n) is 9.50. The summed E-state index contributed by atoms with van der Waals surface area (Å²) in [6.07, 6.45) is 1.91. The molecule has 37 heavy (non-hydrogen) atoms. The Labute approximate surface area is 224 Å². The number of nitrogens with two attached hydrogens (primary N) is 1. The molecule has 0 spiro atoms. The molecule has 12 heteroatoms. The van der Waals surface area contributed by atoms with Crippen LogP contribution in [0.1, 0.15) is 56.3 Å². The summed E-state index contributed by atoms with van der Waals surface area (Å²) in [6.45, 7) is 3.29. The number of amides is 3. The smallest absolute Gasteiger partial charge is 0.251 e. The molecular formula is C25H36BrFN6O4. The van der Waals surface area contributed by atoms with Crippen molar-refractivity contribution in [2.75, 3.05) is 19.8 Å². The summed E-state index contributed by atoms with van der Waals surface area (Å²) in [6, 6.07) is 4.07. The summed E-state index contributed by atoms with van der Waals surface area (Å²) in [5.41, 5.74) is 5.65. The van der Waals surface area contributed by atoms with Gasteiger partial charge in [0.15, 0.2) is 11.7 Å². The van der Waals surface area contributed by atoms with Gasteiger partial charge in [-0.3, -0.25) is 24.6 Å². The first-order valence-electron chi connectivity index (χ1n) is 12.4. The zero-order chi connectivity index (χ0) is 27.5. The van der Waals surface area contributed by atoms with Crippen LogP contribution >= 0.6 is 15.9 Å². The molecule has 2 rings (SSSR count). The van der Waals surface area contributed by atoms with E-state index in [2.05, 4.69) is 31.9 Å². The van der Waals surface area contributed by atoms with Crippen LogP contribution in [-0.2, 0) is 14.4 Å². The van der Waals surface area contributed by atoms with E-state index in [9.17, 15) is 23.6 Å². The molecule has 3 amide bonds.